The van der Waals surface area contributed by atoms with E-state index in [0.717, 1.165) is 4.90 Å². The normalized spacial score (nSPS) is 19.7. The maximum Gasteiger partial charge on any atom is 0.394 e. The van der Waals surface area contributed by atoms with E-state index in [2.05, 4.69) is 9.97 Å². The van der Waals surface area contributed by atoms with Crippen LogP contribution in [0.4, 0.5) is 13.2 Å². The Labute approximate surface area is 151 Å². The first-order valence-corrected chi connectivity index (χ1v) is 7.88. The maximum absolute atomic E-state index is 13.1. The molecular weight excluding hydrogens is 367 g/mol. The maximum atomic E-state index is 13.1. The molecule has 2 aromatic rings. The molecule has 27 heavy (non-hydrogen) atoms. The highest BCUT2D eigenvalue weighted by atomic mass is 19.4. The number of nitrogens with zero attached hydrogens (tertiary/aromatic N) is 3. The SMILES string of the molecule is O=C(O)[C@@H]1CN(C(=O)c2cccc(Oc3cnccn3)c2)C[C@H]1C(F)(F)F. The van der Waals surface area contributed by atoms with E-state index in [1.54, 1.807) is 6.07 Å². The van der Waals surface area contributed by atoms with E-state index in [1.807, 2.05) is 0 Å². The van der Waals surface area contributed by atoms with Gasteiger partial charge in [0.1, 0.15) is 5.75 Å². The summed E-state index contributed by atoms with van der Waals surface area (Å²) >= 11 is 0. The number of amides is 1. The third-order valence-electron chi connectivity index (χ3n) is 4.19. The summed E-state index contributed by atoms with van der Waals surface area (Å²) in [6, 6.07) is 5.83. The van der Waals surface area contributed by atoms with Crippen LogP contribution in [-0.4, -0.2) is 51.1 Å². The van der Waals surface area contributed by atoms with Gasteiger partial charge in [-0.1, -0.05) is 6.07 Å². The van der Waals surface area contributed by atoms with Gasteiger partial charge in [-0.25, -0.2) is 4.98 Å². The minimum absolute atomic E-state index is 0.0864. The molecular formula is C17H14F3N3O4. The van der Waals surface area contributed by atoms with Gasteiger partial charge in [0.2, 0.25) is 5.88 Å². The summed E-state index contributed by atoms with van der Waals surface area (Å²) in [4.78, 5) is 32.4. The van der Waals surface area contributed by atoms with E-state index in [0.29, 0.717) is 0 Å². The van der Waals surface area contributed by atoms with Gasteiger partial charge >= 0.3 is 12.1 Å². The van der Waals surface area contributed by atoms with E-state index in [4.69, 9.17) is 9.84 Å². The molecule has 1 N–H and O–H groups in total. The standard InChI is InChI=1S/C17H14F3N3O4/c18-17(19,20)13-9-23(8-12(13)16(25)26)15(24)10-2-1-3-11(6-10)27-14-7-21-4-5-22-14/h1-7,12-13H,8-9H2,(H,25,26)/t12-,13-/m1/s1. The number of carbonyl (C=O) groups is 2. The third kappa shape index (κ3) is 4.15. The average molecular weight is 381 g/mol. The van der Waals surface area contributed by atoms with Crippen LogP contribution in [0.15, 0.2) is 42.9 Å². The van der Waals surface area contributed by atoms with Crippen LogP contribution in [0.5, 0.6) is 11.6 Å². The van der Waals surface area contributed by atoms with Crippen molar-refractivity contribution in [2.24, 2.45) is 11.8 Å². The lowest BCUT2D eigenvalue weighted by Crippen LogP contribution is -2.34. The molecule has 1 aliphatic rings. The van der Waals surface area contributed by atoms with Crippen molar-refractivity contribution in [1.29, 1.82) is 0 Å². The number of carbonyl (C=O) groups excluding carboxylic acids is 1. The number of benzene rings is 1. The third-order valence-corrected chi connectivity index (χ3v) is 4.19. The molecule has 10 heteroatoms. The number of halogens is 3. The molecule has 2 heterocycles. The van der Waals surface area contributed by atoms with Crippen LogP contribution >= 0.6 is 0 Å². The van der Waals surface area contributed by atoms with Crippen molar-refractivity contribution in [2.45, 2.75) is 6.18 Å². The Kier molecular flexibility index (Phi) is 4.98. The lowest BCUT2D eigenvalue weighted by molar-refractivity contribution is -0.187. The molecule has 1 aromatic carbocycles. The topological polar surface area (TPSA) is 92.6 Å². The second-order valence-electron chi connectivity index (χ2n) is 5.98. The zero-order valence-corrected chi connectivity index (χ0v) is 13.8. The van der Waals surface area contributed by atoms with Crippen molar-refractivity contribution in [1.82, 2.24) is 14.9 Å². The number of hydrogen-bond acceptors (Lipinski definition) is 5. The summed E-state index contributed by atoms with van der Waals surface area (Å²) in [5.74, 6) is -5.62. The fourth-order valence-corrected chi connectivity index (χ4v) is 2.89. The number of rotatable bonds is 4. The van der Waals surface area contributed by atoms with Crippen molar-refractivity contribution < 1.29 is 32.6 Å². The van der Waals surface area contributed by atoms with E-state index < -0.39 is 43.0 Å². The summed E-state index contributed by atoms with van der Waals surface area (Å²) in [6.07, 6.45) is -0.469. The van der Waals surface area contributed by atoms with Crippen molar-refractivity contribution >= 4 is 11.9 Å². The molecule has 7 nitrogen and oxygen atoms in total. The Balaban J connectivity index is 1.78. The predicted octanol–water partition coefficient (Wildman–Crippen LogP) is 2.60. The van der Waals surface area contributed by atoms with Crippen LogP contribution in [0, 0.1) is 11.8 Å². The Morgan fingerprint density at radius 1 is 1.22 bits per heavy atom. The highest BCUT2D eigenvalue weighted by molar-refractivity contribution is 5.95. The minimum Gasteiger partial charge on any atom is -0.481 e. The number of aliphatic carboxylic acids is 1. The Morgan fingerprint density at radius 2 is 2.00 bits per heavy atom. The molecule has 1 amide bonds. The molecule has 3 rings (SSSR count). The number of aromatic nitrogens is 2. The molecule has 142 valence electrons. The number of alkyl halides is 3. The molecule has 0 bridgehead atoms. The molecule has 1 aliphatic heterocycles. The number of carboxylic acids is 1. The van der Waals surface area contributed by atoms with Crippen LogP contribution < -0.4 is 4.74 Å². The second kappa shape index (κ2) is 7.22. The lowest BCUT2D eigenvalue weighted by atomic mass is 9.96. The molecule has 0 spiro atoms. The Hall–Kier alpha value is -3.17. The fraction of sp³-hybridized carbons (Fsp3) is 0.294. The van der Waals surface area contributed by atoms with Crippen LogP contribution in [0.3, 0.4) is 0 Å². The molecule has 2 atom stereocenters. The Bertz CT molecular complexity index is 845. The number of carboxylic acid groups (broad SMARTS) is 1. The quantitative estimate of drug-likeness (QED) is 0.875. The molecule has 1 saturated heterocycles. The van der Waals surface area contributed by atoms with Crippen molar-refractivity contribution in [3.05, 3.63) is 48.4 Å². The number of likely N-dealkylation sites (tertiary alicyclic amines) is 1. The Morgan fingerprint density at radius 3 is 2.59 bits per heavy atom. The highest BCUT2D eigenvalue weighted by Crippen LogP contribution is 2.38. The summed E-state index contributed by atoms with van der Waals surface area (Å²) in [6.45, 7) is -1.21. The molecule has 1 aromatic heterocycles. The summed E-state index contributed by atoms with van der Waals surface area (Å²) < 4.78 is 44.7. The van der Waals surface area contributed by atoms with Crippen LogP contribution in [0.1, 0.15) is 10.4 Å². The van der Waals surface area contributed by atoms with E-state index in [-0.39, 0.29) is 17.2 Å². The second-order valence-corrected chi connectivity index (χ2v) is 5.98. The fourth-order valence-electron chi connectivity index (χ4n) is 2.89. The zero-order chi connectivity index (χ0) is 19.6. The van der Waals surface area contributed by atoms with Gasteiger partial charge < -0.3 is 14.7 Å². The molecule has 0 saturated carbocycles. The first-order valence-electron chi connectivity index (χ1n) is 7.88. The summed E-state index contributed by atoms with van der Waals surface area (Å²) in [7, 11) is 0. The summed E-state index contributed by atoms with van der Waals surface area (Å²) in [5.41, 5.74) is 0.0864. The number of hydrogen-bond donors (Lipinski definition) is 1. The van der Waals surface area contributed by atoms with Gasteiger partial charge in [-0.05, 0) is 18.2 Å². The van der Waals surface area contributed by atoms with Gasteiger partial charge in [0.05, 0.1) is 18.0 Å². The lowest BCUT2D eigenvalue weighted by Gasteiger charge is -2.18. The van der Waals surface area contributed by atoms with Crippen LogP contribution in [-0.2, 0) is 4.79 Å². The molecule has 0 unspecified atom stereocenters. The summed E-state index contributed by atoms with van der Waals surface area (Å²) in [5, 5.41) is 9.05. The van der Waals surface area contributed by atoms with Gasteiger partial charge in [-0.2, -0.15) is 13.2 Å². The van der Waals surface area contributed by atoms with Gasteiger partial charge in [0, 0.05) is 31.0 Å². The molecule has 0 radical (unpaired) electrons. The van der Waals surface area contributed by atoms with Gasteiger partial charge in [0.25, 0.3) is 5.91 Å². The van der Waals surface area contributed by atoms with Gasteiger partial charge in [0.15, 0.2) is 0 Å². The monoisotopic (exact) mass is 381 g/mol. The first kappa shape index (κ1) is 18.6. The van der Waals surface area contributed by atoms with Crippen molar-refractivity contribution in [3.63, 3.8) is 0 Å². The van der Waals surface area contributed by atoms with Gasteiger partial charge in [-0.15, -0.1) is 0 Å². The zero-order valence-electron chi connectivity index (χ0n) is 13.8. The van der Waals surface area contributed by atoms with E-state index >= 15 is 0 Å². The van der Waals surface area contributed by atoms with Crippen LogP contribution in [0.25, 0.3) is 0 Å². The average Bonchev–Trinajstić information content (AvgIpc) is 3.08. The highest BCUT2D eigenvalue weighted by Gasteiger charge is 2.53. The van der Waals surface area contributed by atoms with Crippen molar-refractivity contribution in [3.8, 4) is 11.6 Å². The smallest absolute Gasteiger partial charge is 0.394 e. The van der Waals surface area contributed by atoms with Gasteiger partial charge in [-0.3, -0.25) is 14.6 Å². The minimum atomic E-state index is -4.70. The van der Waals surface area contributed by atoms with Crippen molar-refractivity contribution in [2.75, 3.05) is 13.1 Å². The van der Waals surface area contributed by atoms with E-state index in [1.165, 1.54) is 36.8 Å². The van der Waals surface area contributed by atoms with E-state index in [9.17, 15) is 22.8 Å². The largest absolute Gasteiger partial charge is 0.481 e. The molecule has 0 aliphatic carbocycles. The first-order chi connectivity index (χ1) is 12.8. The number of ether oxygens (including phenoxy) is 1. The molecule has 1 fully saturated rings. The predicted molar refractivity (Wildman–Crippen MR) is 85.1 cm³/mol. The van der Waals surface area contributed by atoms with Crippen LogP contribution in [0.2, 0.25) is 0 Å².